The molecule has 2 rings (SSSR count). The molecule has 0 bridgehead atoms. The number of rotatable bonds is 1. The highest BCUT2D eigenvalue weighted by Gasteiger charge is 2.12. The van der Waals surface area contributed by atoms with Gasteiger partial charge in [0.15, 0.2) is 0 Å². The Morgan fingerprint density at radius 2 is 1.94 bits per heavy atom. The lowest BCUT2D eigenvalue weighted by Crippen LogP contribution is -2.00. The lowest BCUT2D eigenvalue weighted by molar-refractivity contribution is 0.0691. The van der Waals surface area contributed by atoms with Crippen LogP contribution in [0.2, 0.25) is 10.0 Å². The second-order valence-electron chi connectivity index (χ2n) is 3.08. The van der Waals surface area contributed by atoms with Gasteiger partial charge >= 0.3 is 5.97 Å². The maximum atomic E-state index is 10.8. The van der Waals surface area contributed by atoms with Crippen LogP contribution in [-0.2, 0) is 0 Å². The number of fused-ring (bicyclic) bond motifs is 1. The summed E-state index contributed by atoms with van der Waals surface area (Å²) in [5.41, 5.74) is 0.299. The monoisotopic (exact) mass is 367 g/mol. The van der Waals surface area contributed by atoms with Crippen LogP contribution < -0.4 is 0 Å². The summed E-state index contributed by atoms with van der Waals surface area (Å²) in [6.07, 6.45) is 0. The van der Waals surface area contributed by atoms with Gasteiger partial charge in [-0.1, -0.05) is 23.2 Å². The number of aromatic carboxylic acids is 1. The van der Waals surface area contributed by atoms with Crippen LogP contribution in [0.4, 0.5) is 0 Å². The van der Waals surface area contributed by atoms with Gasteiger partial charge in [0, 0.05) is 8.96 Å². The molecule has 6 heteroatoms. The minimum absolute atomic E-state index is 0.111. The summed E-state index contributed by atoms with van der Waals surface area (Å²) in [4.78, 5) is 14.8. The summed E-state index contributed by atoms with van der Waals surface area (Å²) < 4.78 is 0.918. The lowest BCUT2D eigenvalue weighted by atomic mass is 10.2. The molecular weight excluding hydrogens is 364 g/mol. The molecule has 1 heterocycles. The fourth-order valence-electron chi connectivity index (χ4n) is 1.32. The molecule has 0 unspecified atom stereocenters. The molecule has 0 amide bonds. The molecule has 0 fully saturated rings. The molecule has 0 aliphatic carbocycles. The molecule has 1 aromatic heterocycles. The smallest absolute Gasteiger partial charge is 0.354 e. The van der Waals surface area contributed by atoms with Gasteiger partial charge in [-0.15, -0.1) is 0 Å². The highest BCUT2D eigenvalue weighted by atomic mass is 127. The van der Waals surface area contributed by atoms with Crippen LogP contribution in [0.25, 0.3) is 10.9 Å². The van der Waals surface area contributed by atoms with Crippen LogP contribution in [0.15, 0.2) is 18.2 Å². The molecule has 1 aromatic carbocycles. The van der Waals surface area contributed by atoms with Gasteiger partial charge in [-0.25, -0.2) is 9.78 Å². The number of hydrogen-bond donors (Lipinski definition) is 1. The summed E-state index contributed by atoms with van der Waals surface area (Å²) >= 11 is 14.1. The lowest BCUT2D eigenvalue weighted by Gasteiger charge is -2.04. The number of hydrogen-bond acceptors (Lipinski definition) is 2. The van der Waals surface area contributed by atoms with Gasteiger partial charge in [-0.05, 0) is 40.8 Å². The van der Waals surface area contributed by atoms with Gasteiger partial charge in [0.05, 0.1) is 15.6 Å². The number of aromatic nitrogens is 1. The van der Waals surface area contributed by atoms with E-state index in [0.717, 1.165) is 3.57 Å². The van der Waals surface area contributed by atoms with Gasteiger partial charge < -0.3 is 5.11 Å². The molecule has 0 radical (unpaired) electrons. The third kappa shape index (κ3) is 2.09. The van der Waals surface area contributed by atoms with Crippen molar-refractivity contribution in [1.82, 2.24) is 4.98 Å². The predicted molar refractivity (Wildman–Crippen MR) is 71.4 cm³/mol. The van der Waals surface area contributed by atoms with E-state index in [1.165, 1.54) is 6.07 Å². The molecule has 0 saturated carbocycles. The first-order valence-electron chi connectivity index (χ1n) is 4.17. The van der Waals surface area contributed by atoms with E-state index in [1.54, 1.807) is 6.07 Å². The molecule has 0 atom stereocenters. The minimum Gasteiger partial charge on any atom is -0.477 e. The van der Waals surface area contributed by atoms with Gasteiger partial charge in [0.1, 0.15) is 5.69 Å². The van der Waals surface area contributed by atoms with Crippen LogP contribution >= 0.6 is 45.8 Å². The maximum Gasteiger partial charge on any atom is 0.354 e. The first kappa shape index (κ1) is 11.9. The van der Waals surface area contributed by atoms with E-state index >= 15 is 0 Å². The number of carboxylic acid groups (broad SMARTS) is 1. The van der Waals surface area contributed by atoms with Crippen LogP contribution in [0.3, 0.4) is 0 Å². The summed E-state index contributed by atoms with van der Waals surface area (Å²) in [5.74, 6) is -1.13. The van der Waals surface area contributed by atoms with Crippen molar-refractivity contribution < 1.29 is 9.90 Å². The van der Waals surface area contributed by atoms with Crippen molar-refractivity contribution in [1.29, 1.82) is 0 Å². The number of carbonyl (C=O) groups is 1. The zero-order valence-electron chi connectivity index (χ0n) is 7.67. The topological polar surface area (TPSA) is 50.2 Å². The van der Waals surface area contributed by atoms with Crippen molar-refractivity contribution in [2.24, 2.45) is 0 Å². The Hall–Kier alpha value is -0.590. The standard InChI is InChI=1S/C10H4Cl2INO2/c11-6-3-8(10(15)16)14-9-5(6)1-4(13)2-7(9)12/h1-3H,(H,15,16). The Morgan fingerprint density at radius 3 is 2.56 bits per heavy atom. The number of carboxylic acids is 1. The number of pyridine rings is 1. The predicted octanol–water partition coefficient (Wildman–Crippen LogP) is 3.84. The second-order valence-corrected chi connectivity index (χ2v) is 5.14. The highest BCUT2D eigenvalue weighted by molar-refractivity contribution is 14.1. The van der Waals surface area contributed by atoms with Gasteiger partial charge in [0.25, 0.3) is 0 Å². The second kappa shape index (κ2) is 4.35. The Bertz CT molecular complexity index is 601. The minimum atomic E-state index is -1.13. The van der Waals surface area contributed by atoms with Crippen LogP contribution in [0.5, 0.6) is 0 Å². The van der Waals surface area contributed by atoms with Gasteiger partial charge in [-0.3, -0.25) is 0 Å². The zero-order chi connectivity index (χ0) is 11.9. The number of nitrogens with zero attached hydrogens (tertiary/aromatic N) is 1. The van der Waals surface area contributed by atoms with E-state index < -0.39 is 5.97 Å². The zero-order valence-corrected chi connectivity index (χ0v) is 11.3. The van der Waals surface area contributed by atoms with Crippen LogP contribution in [-0.4, -0.2) is 16.1 Å². The van der Waals surface area contributed by atoms with E-state index in [1.807, 2.05) is 6.07 Å². The van der Waals surface area contributed by atoms with Crippen molar-refractivity contribution in [2.75, 3.05) is 0 Å². The molecule has 1 N–H and O–H groups in total. The van der Waals surface area contributed by atoms with Crippen LogP contribution in [0.1, 0.15) is 10.5 Å². The fraction of sp³-hybridized carbons (Fsp3) is 0. The van der Waals surface area contributed by atoms with Gasteiger partial charge in [-0.2, -0.15) is 0 Å². The highest BCUT2D eigenvalue weighted by Crippen LogP contribution is 2.30. The molecule has 16 heavy (non-hydrogen) atoms. The van der Waals surface area contributed by atoms with E-state index in [2.05, 4.69) is 27.6 Å². The molecule has 0 spiro atoms. The largest absolute Gasteiger partial charge is 0.477 e. The molecular formula is C10H4Cl2INO2. The Morgan fingerprint density at radius 1 is 1.25 bits per heavy atom. The van der Waals surface area contributed by atoms with Crippen molar-refractivity contribution >= 4 is 62.7 Å². The molecule has 82 valence electrons. The van der Waals surface area contributed by atoms with Crippen molar-refractivity contribution in [3.63, 3.8) is 0 Å². The summed E-state index contributed by atoms with van der Waals surface area (Å²) in [6, 6.07) is 4.83. The first-order valence-corrected chi connectivity index (χ1v) is 6.01. The maximum absolute atomic E-state index is 10.8. The Balaban J connectivity index is 2.87. The number of halogens is 3. The van der Waals surface area contributed by atoms with Crippen LogP contribution in [0, 0.1) is 3.57 Å². The molecule has 2 aromatic rings. The normalized spacial score (nSPS) is 10.7. The van der Waals surface area contributed by atoms with Crippen molar-refractivity contribution in [3.05, 3.63) is 37.5 Å². The van der Waals surface area contributed by atoms with E-state index in [-0.39, 0.29) is 5.69 Å². The summed E-state index contributed by atoms with van der Waals surface area (Å²) in [6.45, 7) is 0. The average molecular weight is 368 g/mol. The number of benzene rings is 1. The van der Waals surface area contributed by atoms with Crippen molar-refractivity contribution in [3.8, 4) is 0 Å². The van der Waals surface area contributed by atoms with Gasteiger partial charge in [0.2, 0.25) is 0 Å². The Kier molecular flexibility index (Phi) is 3.23. The van der Waals surface area contributed by atoms with E-state index in [9.17, 15) is 4.79 Å². The molecule has 0 aliphatic rings. The Labute approximate surface area is 115 Å². The fourth-order valence-corrected chi connectivity index (χ4v) is 2.64. The third-order valence-corrected chi connectivity index (χ3v) is 3.22. The summed E-state index contributed by atoms with van der Waals surface area (Å²) in [7, 11) is 0. The quantitative estimate of drug-likeness (QED) is 0.779. The molecule has 3 nitrogen and oxygen atoms in total. The first-order chi connectivity index (χ1) is 7.49. The van der Waals surface area contributed by atoms with E-state index in [4.69, 9.17) is 28.3 Å². The molecule has 0 saturated heterocycles. The summed E-state index contributed by atoms with van der Waals surface area (Å²) in [5, 5.41) is 10.2. The van der Waals surface area contributed by atoms with E-state index in [0.29, 0.717) is 20.9 Å². The van der Waals surface area contributed by atoms with Crippen molar-refractivity contribution in [2.45, 2.75) is 0 Å². The average Bonchev–Trinajstić information content (AvgIpc) is 2.19. The molecule has 0 aliphatic heterocycles. The SMILES string of the molecule is O=C(O)c1cc(Cl)c2cc(I)cc(Cl)c2n1. The third-order valence-electron chi connectivity index (χ3n) is 2.00.